The monoisotopic (exact) mass is 327 g/mol. The highest BCUT2D eigenvalue weighted by Crippen LogP contribution is 2.28. The van der Waals surface area contributed by atoms with Crippen LogP contribution in [-0.4, -0.2) is 27.2 Å². The Morgan fingerprint density at radius 2 is 2.19 bits per heavy atom. The molecule has 0 radical (unpaired) electrons. The van der Waals surface area contributed by atoms with E-state index in [1.54, 1.807) is 18.2 Å². The fourth-order valence-electron chi connectivity index (χ4n) is 1.06. The number of hydrogen-bond donors (Lipinski definition) is 1. The van der Waals surface area contributed by atoms with Crippen molar-refractivity contribution < 1.29 is 13.2 Å². The van der Waals surface area contributed by atoms with Gasteiger partial charge in [-0.15, -0.1) is 11.6 Å². The van der Waals surface area contributed by atoms with Crippen LogP contribution in [-0.2, 0) is 10.0 Å². The van der Waals surface area contributed by atoms with Crippen molar-refractivity contribution in [3.05, 3.63) is 22.7 Å². The molecule has 1 aromatic rings. The number of halogens is 2. The van der Waals surface area contributed by atoms with E-state index < -0.39 is 10.0 Å². The molecule has 0 aliphatic carbocycles. The second kappa shape index (κ2) is 5.75. The van der Waals surface area contributed by atoms with E-state index in [1.165, 1.54) is 7.11 Å². The van der Waals surface area contributed by atoms with Crippen molar-refractivity contribution in [1.82, 2.24) is 0 Å². The number of alkyl halides is 1. The molecule has 0 fully saturated rings. The van der Waals surface area contributed by atoms with Crippen molar-refractivity contribution in [2.24, 2.45) is 0 Å². The van der Waals surface area contributed by atoms with E-state index in [0.29, 0.717) is 11.4 Å². The first-order valence-corrected chi connectivity index (χ1v) is 7.36. The summed E-state index contributed by atoms with van der Waals surface area (Å²) in [6.07, 6.45) is 0. The van der Waals surface area contributed by atoms with Gasteiger partial charge in [0, 0.05) is 11.9 Å². The van der Waals surface area contributed by atoms with Gasteiger partial charge in [0.15, 0.2) is 0 Å². The summed E-state index contributed by atoms with van der Waals surface area (Å²) in [4.78, 5) is 0. The summed E-state index contributed by atoms with van der Waals surface area (Å²) in [6.45, 7) is 0. The van der Waals surface area contributed by atoms with Crippen LogP contribution in [0.5, 0.6) is 5.75 Å². The fraction of sp³-hybridized carbons (Fsp3) is 0.333. The quantitative estimate of drug-likeness (QED) is 0.845. The molecule has 0 amide bonds. The first-order valence-electron chi connectivity index (χ1n) is 4.38. The molecule has 0 saturated heterocycles. The lowest BCUT2D eigenvalue weighted by Gasteiger charge is -2.09. The van der Waals surface area contributed by atoms with Crippen LogP contribution in [0.15, 0.2) is 22.7 Å². The number of rotatable bonds is 5. The summed E-state index contributed by atoms with van der Waals surface area (Å²) in [5.41, 5.74) is 0.449. The Balaban J connectivity index is 2.90. The Labute approximate surface area is 108 Å². The molecule has 0 aromatic heterocycles. The van der Waals surface area contributed by atoms with Gasteiger partial charge in [0.2, 0.25) is 10.0 Å². The van der Waals surface area contributed by atoms with Gasteiger partial charge in [0.25, 0.3) is 0 Å². The second-order valence-corrected chi connectivity index (χ2v) is 6.03. The zero-order valence-corrected chi connectivity index (χ0v) is 11.7. The van der Waals surface area contributed by atoms with Crippen LogP contribution in [0.1, 0.15) is 0 Å². The lowest BCUT2D eigenvalue weighted by atomic mass is 10.3. The summed E-state index contributed by atoms with van der Waals surface area (Å²) < 4.78 is 31.1. The average molecular weight is 329 g/mol. The molecule has 0 atom stereocenters. The summed E-state index contributed by atoms with van der Waals surface area (Å²) in [7, 11) is -1.86. The predicted molar refractivity (Wildman–Crippen MR) is 68.8 cm³/mol. The molecule has 0 aliphatic heterocycles. The lowest BCUT2D eigenvalue weighted by molar-refractivity contribution is 0.412. The molecular weight excluding hydrogens is 318 g/mol. The first kappa shape index (κ1) is 13.6. The van der Waals surface area contributed by atoms with Crippen LogP contribution in [0.4, 0.5) is 5.69 Å². The van der Waals surface area contributed by atoms with Crippen LogP contribution in [0.3, 0.4) is 0 Å². The van der Waals surface area contributed by atoms with Gasteiger partial charge >= 0.3 is 0 Å². The Morgan fingerprint density at radius 3 is 2.75 bits per heavy atom. The SMILES string of the molecule is COc1cc(NS(=O)(=O)CCCl)ccc1Br. The van der Waals surface area contributed by atoms with E-state index in [4.69, 9.17) is 16.3 Å². The van der Waals surface area contributed by atoms with Crippen LogP contribution >= 0.6 is 27.5 Å². The van der Waals surface area contributed by atoms with Gasteiger partial charge < -0.3 is 4.74 Å². The van der Waals surface area contributed by atoms with Gasteiger partial charge in [-0.1, -0.05) is 0 Å². The van der Waals surface area contributed by atoms with E-state index in [2.05, 4.69) is 20.7 Å². The van der Waals surface area contributed by atoms with Crippen LogP contribution in [0, 0.1) is 0 Å². The highest BCUT2D eigenvalue weighted by Gasteiger charge is 2.10. The molecule has 16 heavy (non-hydrogen) atoms. The maximum atomic E-state index is 11.4. The maximum absolute atomic E-state index is 11.4. The molecule has 0 saturated carbocycles. The number of nitrogens with one attached hydrogen (secondary N) is 1. The third-order valence-electron chi connectivity index (χ3n) is 1.77. The normalized spacial score (nSPS) is 11.2. The summed E-state index contributed by atoms with van der Waals surface area (Å²) in [5.74, 6) is 0.502. The number of anilines is 1. The van der Waals surface area contributed by atoms with E-state index in [1.807, 2.05) is 0 Å². The van der Waals surface area contributed by atoms with Crippen molar-refractivity contribution in [2.75, 3.05) is 23.5 Å². The largest absolute Gasteiger partial charge is 0.495 e. The molecule has 0 heterocycles. The predicted octanol–water partition coefficient (Wildman–Crippen LogP) is 2.44. The summed E-state index contributed by atoms with van der Waals surface area (Å²) in [5, 5.41) is 0. The summed E-state index contributed by atoms with van der Waals surface area (Å²) in [6, 6.07) is 4.94. The molecule has 0 spiro atoms. The van der Waals surface area contributed by atoms with E-state index >= 15 is 0 Å². The van der Waals surface area contributed by atoms with Gasteiger partial charge in [0.05, 0.1) is 23.0 Å². The molecule has 7 heteroatoms. The summed E-state index contributed by atoms with van der Waals surface area (Å²) >= 11 is 8.66. The van der Waals surface area contributed by atoms with Crippen molar-refractivity contribution >= 4 is 43.2 Å². The lowest BCUT2D eigenvalue weighted by Crippen LogP contribution is -2.17. The van der Waals surface area contributed by atoms with E-state index in [9.17, 15) is 8.42 Å². The van der Waals surface area contributed by atoms with Crippen molar-refractivity contribution in [1.29, 1.82) is 0 Å². The average Bonchev–Trinajstić information content (AvgIpc) is 2.20. The Kier molecular flexibility index (Phi) is 4.89. The smallest absolute Gasteiger partial charge is 0.233 e. The fourth-order valence-corrected chi connectivity index (χ4v) is 2.86. The van der Waals surface area contributed by atoms with Gasteiger partial charge in [-0.25, -0.2) is 8.42 Å². The number of sulfonamides is 1. The van der Waals surface area contributed by atoms with Crippen LogP contribution in [0.2, 0.25) is 0 Å². The molecule has 90 valence electrons. The minimum Gasteiger partial charge on any atom is -0.495 e. The highest BCUT2D eigenvalue weighted by molar-refractivity contribution is 9.10. The van der Waals surface area contributed by atoms with Crippen molar-refractivity contribution in [3.63, 3.8) is 0 Å². The van der Waals surface area contributed by atoms with Gasteiger partial charge in [-0.2, -0.15) is 0 Å². The van der Waals surface area contributed by atoms with E-state index in [-0.39, 0.29) is 11.6 Å². The van der Waals surface area contributed by atoms with Gasteiger partial charge in [-0.05, 0) is 28.1 Å². The second-order valence-electron chi connectivity index (χ2n) is 2.96. The Hall–Kier alpha value is -0.460. The van der Waals surface area contributed by atoms with Crippen LogP contribution in [0.25, 0.3) is 0 Å². The minimum atomic E-state index is -3.38. The molecule has 0 aliphatic rings. The molecule has 4 nitrogen and oxygen atoms in total. The Morgan fingerprint density at radius 1 is 1.50 bits per heavy atom. The molecule has 1 N–H and O–H groups in total. The highest BCUT2D eigenvalue weighted by atomic mass is 79.9. The Bertz CT molecular complexity index is 464. The number of hydrogen-bond acceptors (Lipinski definition) is 3. The van der Waals surface area contributed by atoms with Gasteiger partial charge in [-0.3, -0.25) is 4.72 Å². The third-order valence-corrected chi connectivity index (χ3v) is 4.13. The van der Waals surface area contributed by atoms with Crippen molar-refractivity contribution in [2.45, 2.75) is 0 Å². The molecule has 1 aromatic carbocycles. The first-order chi connectivity index (χ1) is 7.48. The van der Waals surface area contributed by atoms with Crippen molar-refractivity contribution in [3.8, 4) is 5.75 Å². The molecular formula is C9H11BrClNO3S. The standard InChI is InChI=1S/C9H11BrClNO3S/c1-15-9-6-7(2-3-8(9)10)12-16(13,14)5-4-11/h2-3,6,12H,4-5H2,1H3. The molecule has 1 rings (SSSR count). The number of methoxy groups -OCH3 is 1. The maximum Gasteiger partial charge on any atom is 0.233 e. The topological polar surface area (TPSA) is 55.4 Å². The zero-order valence-electron chi connectivity index (χ0n) is 8.54. The van der Waals surface area contributed by atoms with E-state index in [0.717, 1.165) is 4.47 Å². The molecule has 0 bridgehead atoms. The minimum absolute atomic E-state index is 0.0585. The number of benzene rings is 1. The zero-order chi connectivity index (χ0) is 12.2. The third kappa shape index (κ3) is 3.84. The van der Waals surface area contributed by atoms with Gasteiger partial charge in [0.1, 0.15) is 5.75 Å². The number of ether oxygens (including phenoxy) is 1. The van der Waals surface area contributed by atoms with Crippen LogP contribution < -0.4 is 9.46 Å². The molecule has 0 unspecified atom stereocenters.